The zero-order valence-corrected chi connectivity index (χ0v) is 35.4. The Morgan fingerprint density at radius 1 is 0.286 bits per heavy atom. The molecule has 3 heteroatoms. The molecule has 2 heterocycles. The molecule has 0 saturated heterocycles. The number of hydrogen-bond acceptors (Lipinski definition) is 0. The Morgan fingerprint density at radius 3 is 1.51 bits per heavy atom. The van der Waals surface area contributed by atoms with Crippen LogP contribution in [-0.4, -0.2) is 17.2 Å². The summed E-state index contributed by atoms with van der Waals surface area (Å²) in [7, 11) is -2.79. The summed E-state index contributed by atoms with van der Waals surface area (Å²) in [5.41, 5.74) is 10.2. The van der Waals surface area contributed by atoms with E-state index < -0.39 is 8.07 Å². The molecule has 2 nitrogen and oxygen atoms in total. The number of hydrogen-bond donors (Lipinski definition) is 0. The van der Waals surface area contributed by atoms with Crippen LogP contribution in [0.3, 0.4) is 0 Å². The highest BCUT2D eigenvalue weighted by atomic mass is 28.3. The minimum absolute atomic E-state index is 0.0434. The van der Waals surface area contributed by atoms with Crippen molar-refractivity contribution in [2.24, 2.45) is 0 Å². The van der Waals surface area contributed by atoms with Gasteiger partial charge >= 0.3 is 0 Å². The summed E-state index contributed by atoms with van der Waals surface area (Å²) >= 11 is 0. The van der Waals surface area contributed by atoms with Gasteiger partial charge in [0.1, 0.15) is 0 Å². The second kappa shape index (κ2) is 15.2. The Morgan fingerprint density at radius 2 is 0.794 bits per heavy atom. The summed E-state index contributed by atoms with van der Waals surface area (Å²) in [4.78, 5) is 0. The third-order valence-corrected chi connectivity index (χ3v) is 17.6. The lowest BCUT2D eigenvalue weighted by Crippen LogP contribution is -2.74. The SMILES string of the molecule is [2H]c1cc2c3ccc(-c4cccc([Si](c5ccccc5)(c5ccccc5)c5ccccc5)c4)cc3n(-c3ccc4c(c3)c3ccccc3n4-c3cccc(-c4ccccc4)c3)c2c([2H])c1[2H]. The molecule has 12 rings (SSSR count). The molecule has 0 saturated carbocycles. The fourth-order valence-corrected chi connectivity index (χ4v) is 14.9. The molecule has 0 bridgehead atoms. The molecule has 0 aliphatic heterocycles. The molecule has 0 spiro atoms. The number of nitrogens with zero attached hydrogens (tertiary/aromatic N) is 2. The van der Waals surface area contributed by atoms with Gasteiger partial charge in [0.25, 0.3) is 0 Å². The maximum absolute atomic E-state index is 9.39. The van der Waals surface area contributed by atoms with Crippen molar-refractivity contribution >= 4 is 72.4 Å². The molecule has 296 valence electrons. The monoisotopic (exact) mass is 821 g/mol. The van der Waals surface area contributed by atoms with Gasteiger partial charge in [-0.1, -0.05) is 206 Å². The number of para-hydroxylation sites is 2. The zero-order chi connectivity index (χ0) is 44.4. The smallest absolute Gasteiger partial charge is 0.179 e. The zero-order valence-electron chi connectivity index (χ0n) is 37.4. The van der Waals surface area contributed by atoms with E-state index in [0.29, 0.717) is 5.52 Å². The Hall–Kier alpha value is -7.98. The van der Waals surface area contributed by atoms with Crippen LogP contribution >= 0.6 is 0 Å². The molecule has 63 heavy (non-hydrogen) atoms. The second-order valence-electron chi connectivity index (χ2n) is 16.3. The van der Waals surface area contributed by atoms with Crippen LogP contribution in [0.1, 0.15) is 4.11 Å². The number of fused-ring (bicyclic) bond motifs is 6. The molecule has 0 radical (unpaired) electrons. The maximum atomic E-state index is 9.39. The first kappa shape index (κ1) is 33.7. The van der Waals surface area contributed by atoms with Crippen molar-refractivity contribution in [1.29, 1.82) is 0 Å². The van der Waals surface area contributed by atoms with Gasteiger partial charge < -0.3 is 9.13 Å². The largest absolute Gasteiger partial charge is 0.309 e. The molecule has 0 aliphatic carbocycles. The van der Waals surface area contributed by atoms with Crippen molar-refractivity contribution in [2.45, 2.75) is 0 Å². The van der Waals surface area contributed by atoms with Crippen molar-refractivity contribution < 1.29 is 4.11 Å². The molecule has 2 aromatic heterocycles. The standard InChI is InChI=1S/C60H42N2Si/c1-5-19-43(20-6-1)44-21-17-23-47(39-44)61-58-34-16-14-32-54(58)56-42-48(36-38-59(56)61)62-57-33-15-13-31-53(57)55-37-35-46(41-60(55)62)45-22-18-30-52(40-45)63(49-24-7-2-8-25-49,50-26-9-3-10-27-50)51-28-11-4-12-29-51/h1-42H/i13D,15D,33D. The van der Waals surface area contributed by atoms with E-state index in [0.717, 1.165) is 66.2 Å². The topological polar surface area (TPSA) is 9.86 Å². The molecule has 0 atom stereocenters. The lowest BCUT2D eigenvalue weighted by molar-refractivity contribution is 1.17. The highest BCUT2D eigenvalue weighted by Crippen LogP contribution is 2.38. The van der Waals surface area contributed by atoms with Crippen LogP contribution < -0.4 is 20.7 Å². The van der Waals surface area contributed by atoms with Gasteiger partial charge in [-0.05, 0) is 91.5 Å². The summed E-state index contributed by atoms with van der Waals surface area (Å²) in [6.45, 7) is 0. The predicted octanol–water partition coefficient (Wildman–Crippen LogP) is 12.6. The molecule has 0 aliphatic rings. The van der Waals surface area contributed by atoms with Crippen LogP contribution in [0.15, 0.2) is 255 Å². The second-order valence-corrected chi connectivity index (χ2v) is 20.1. The molecule has 10 aromatic carbocycles. The van der Waals surface area contributed by atoms with Crippen molar-refractivity contribution in [3.8, 4) is 33.6 Å². The molecular weight excluding hydrogens is 777 g/mol. The summed E-state index contributed by atoms with van der Waals surface area (Å²) in [6.07, 6.45) is 0. The van der Waals surface area contributed by atoms with E-state index >= 15 is 0 Å². The molecule has 0 fully saturated rings. The molecule has 12 aromatic rings. The average molecular weight is 822 g/mol. The van der Waals surface area contributed by atoms with Crippen LogP contribution in [0, 0.1) is 0 Å². The van der Waals surface area contributed by atoms with Gasteiger partial charge in [-0.2, -0.15) is 0 Å². The van der Waals surface area contributed by atoms with Crippen molar-refractivity contribution in [3.05, 3.63) is 255 Å². The van der Waals surface area contributed by atoms with E-state index in [4.69, 9.17) is 2.74 Å². The van der Waals surface area contributed by atoms with E-state index in [2.05, 4.69) is 234 Å². The number of aromatic nitrogens is 2. The highest BCUT2D eigenvalue weighted by Gasteiger charge is 2.41. The van der Waals surface area contributed by atoms with E-state index in [1.54, 1.807) is 6.07 Å². The van der Waals surface area contributed by atoms with Crippen molar-refractivity contribution in [3.63, 3.8) is 0 Å². The van der Waals surface area contributed by atoms with Gasteiger partial charge in [-0.3, -0.25) is 0 Å². The van der Waals surface area contributed by atoms with Gasteiger partial charge in [0.05, 0.1) is 26.2 Å². The molecule has 0 amide bonds. The van der Waals surface area contributed by atoms with Crippen LogP contribution in [0.5, 0.6) is 0 Å². The van der Waals surface area contributed by atoms with Crippen molar-refractivity contribution in [1.82, 2.24) is 9.13 Å². The van der Waals surface area contributed by atoms with Gasteiger partial charge in [0.15, 0.2) is 8.07 Å². The Kier molecular flexibility index (Phi) is 8.12. The normalized spacial score (nSPS) is 12.5. The van der Waals surface area contributed by atoms with Crippen molar-refractivity contribution in [2.75, 3.05) is 0 Å². The first-order chi connectivity index (χ1) is 32.5. The number of rotatable bonds is 8. The quantitative estimate of drug-likeness (QED) is 0.107. The Balaban J connectivity index is 1.08. The lowest BCUT2D eigenvalue weighted by Gasteiger charge is -2.34. The van der Waals surface area contributed by atoms with E-state index in [9.17, 15) is 1.37 Å². The Bertz CT molecular complexity index is 3690. The van der Waals surface area contributed by atoms with Crippen LogP contribution in [-0.2, 0) is 0 Å². The fraction of sp³-hybridized carbons (Fsp3) is 0. The van der Waals surface area contributed by atoms with Gasteiger partial charge in [0, 0.05) is 32.9 Å². The maximum Gasteiger partial charge on any atom is 0.179 e. The van der Waals surface area contributed by atoms with Crippen LogP contribution in [0.4, 0.5) is 0 Å². The van der Waals surface area contributed by atoms with Crippen LogP contribution in [0.2, 0.25) is 0 Å². The minimum atomic E-state index is -2.79. The van der Waals surface area contributed by atoms with Gasteiger partial charge in [-0.15, -0.1) is 0 Å². The molecular formula is C60H42N2Si. The summed E-state index contributed by atoms with van der Waals surface area (Å²) in [5, 5.41) is 9.18. The van der Waals surface area contributed by atoms with Gasteiger partial charge in [0.2, 0.25) is 0 Å². The predicted molar refractivity (Wildman–Crippen MR) is 270 cm³/mol. The molecule has 0 unspecified atom stereocenters. The first-order valence-corrected chi connectivity index (χ1v) is 23.5. The Labute approximate surface area is 372 Å². The van der Waals surface area contributed by atoms with Crippen LogP contribution in [0.25, 0.3) is 77.2 Å². The minimum Gasteiger partial charge on any atom is -0.309 e. The highest BCUT2D eigenvalue weighted by molar-refractivity contribution is 7.19. The third kappa shape index (κ3) is 6.00. The fourth-order valence-electron chi connectivity index (χ4n) is 10.1. The summed E-state index contributed by atoms with van der Waals surface area (Å²) in [5.74, 6) is 0. The third-order valence-electron chi connectivity index (χ3n) is 12.9. The van der Waals surface area contributed by atoms with E-state index in [1.807, 2.05) is 6.07 Å². The van der Waals surface area contributed by atoms with E-state index in [-0.39, 0.29) is 18.1 Å². The summed E-state index contributed by atoms with van der Waals surface area (Å²) < 4.78 is 31.5. The van der Waals surface area contributed by atoms with E-state index in [1.165, 1.54) is 26.3 Å². The summed E-state index contributed by atoms with van der Waals surface area (Å²) in [6, 6.07) is 84.7. The van der Waals surface area contributed by atoms with Gasteiger partial charge in [-0.25, -0.2) is 0 Å². The number of benzene rings is 10. The first-order valence-electron chi connectivity index (χ1n) is 23.0. The molecule has 0 N–H and O–H groups in total. The lowest BCUT2D eigenvalue weighted by atomic mass is 10.0. The average Bonchev–Trinajstić information content (AvgIpc) is 3.89.